The van der Waals surface area contributed by atoms with Crippen molar-refractivity contribution in [3.63, 3.8) is 0 Å². The minimum Gasteiger partial charge on any atom is -0.305 e. The highest BCUT2D eigenvalue weighted by Crippen LogP contribution is 2.17. The highest BCUT2D eigenvalue weighted by molar-refractivity contribution is 9.10. The molecule has 0 amide bonds. The maximum absolute atomic E-state index is 3.50. The Morgan fingerprint density at radius 1 is 1.22 bits per heavy atom. The van der Waals surface area contributed by atoms with Crippen molar-refractivity contribution in [1.29, 1.82) is 0 Å². The van der Waals surface area contributed by atoms with Gasteiger partial charge in [-0.25, -0.2) is 0 Å². The van der Waals surface area contributed by atoms with Gasteiger partial charge >= 0.3 is 0 Å². The topological polar surface area (TPSA) is 6.48 Å². The van der Waals surface area contributed by atoms with Crippen molar-refractivity contribution in [2.24, 2.45) is 0 Å². The van der Waals surface area contributed by atoms with Crippen molar-refractivity contribution in [2.75, 3.05) is 26.7 Å². The Balaban J connectivity index is 2.03. The Morgan fingerprint density at radius 2 is 1.94 bits per heavy atom. The standard InChI is InChI=1S/C15H23BrN2/c1-3-15-12-17(2)9-4-10-18(15)11-13-5-7-14(16)8-6-13/h5-8,15H,3-4,9-12H2,1-2H3. The van der Waals surface area contributed by atoms with Crippen LogP contribution in [0.15, 0.2) is 28.7 Å². The summed E-state index contributed by atoms with van der Waals surface area (Å²) in [4.78, 5) is 5.11. The summed E-state index contributed by atoms with van der Waals surface area (Å²) in [6.45, 7) is 7.04. The van der Waals surface area contributed by atoms with Gasteiger partial charge in [-0.3, -0.25) is 4.90 Å². The smallest absolute Gasteiger partial charge is 0.0237 e. The van der Waals surface area contributed by atoms with Crippen molar-refractivity contribution >= 4 is 15.9 Å². The molecule has 2 nitrogen and oxygen atoms in total. The Kier molecular flexibility index (Phi) is 5.22. The molecule has 100 valence electrons. The molecule has 1 aliphatic rings. The van der Waals surface area contributed by atoms with E-state index in [0.29, 0.717) is 6.04 Å². The maximum atomic E-state index is 3.50. The highest BCUT2D eigenvalue weighted by Gasteiger charge is 2.21. The van der Waals surface area contributed by atoms with Crippen LogP contribution in [0.1, 0.15) is 25.3 Å². The first-order chi connectivity index (χ1) is 8.69. The third-order valence-corrected chi connectivity index (χ3v) is 4.32. The molecule has 1 saturated heterocycles. The molecule has 1 heterocycles. The largest absolute Gasteiger partial charge is 0.305 e. The predicted molar refractivity (Wildman–Crippen MR) is 80.7 cm³/mol. The van der Waals surface area contributed by atoms with Crippen LogP contribution in [0.5, 0.6) is 0 Å². The summed E-state index contributed by atoms with van der Waals surface area (Å²) < 4.78 is 1.16. The summed E-state index contributed by atoms with van der Waals surface area (Å²) in [6, 6.07) is 9.43. The van der Waals surface area contributed by atoms with Gasteiger partial charge in [0.2, 0.25) is 0 Å². The fraction of sp³-hybridized carbons (Fsp3) is 0.600. The van der Waals surface area contributed by atoms with E-state index in [0.717, 1.165) is 11.0 Å². The Bertz CT molecular complexity index is 363. The number of hydrogen-bond donors (Lipinski definition) is 0. The second kappa shape index (κ2) is 6.69. The Hall–Kier alpha value is -0.380. The molecule has 1 aromatic rings. The minimum atomic E-state index is 0.696. The Morgan fingerprint density at radius 3 is 2.61 bits per heavy atom. The molecule has 1 fully saturated rings. The summed E-state index contributed by atoms with van der Waals surface area (Å²) in [5.74, 6) is 0. The summed E-state index contributed by atoms with van der Waals surface area (Å²) in [7, 11) is 2.24. The van der Waals surface area contributed by atoms with Gasteiger partial charge in [0.1, 0.15) is 0 Å². The number of benzene rings is 1. The molecular weight excluding hydrogens is 288 g/mol. The summed E-state index contributed by atoms with van der Waals surface area (Å²) in [5.41, 5.74) is 1.42. The maximum Gasteiger partial charge on any atom is 0.0237 e. The van der Waals surface area contributed by atoms with E-state index in [1.165, 1.54) is 38.0 Å². The first kappa shape index (κ1) is 14.0. The monoisotopic (exact) mass is 310 g/mol. The molecule has 2 rings (SSSR count). The lowest BCUT2D eigenvalue weighted by molar-refractivity contribution is 0.176. The van der Waals surface area contributed by atoms with Gasteiger partial charge in [-0.1, -0.05) is 35.0 Å². The zero-order valence-corrected chi connectivity index (χ0v) is 13.0. The molecule has 0 saturated carbocycles. The number of halogens is 1. The first-order valence-corrected chi connectivity index (χ1v) is 7.65. The molecule has 1 unspecified atom stereocenters. The number of hydrogen-bond acceptors (Lipinski definition) is 2. The third kappa shape index (κ3) is 3.81. The van der Waals surface area contributed by atoms with Gasteiger partial charge in [0.15, 0.2) is 0 Å². The molecule has 0 aliphatic carbocycles. The van der Waals surface area contributed by atoms with Gasteiger partial charge in [-0.15, -0.1) is 0 Å². The van der Waals surface area contributed by atoms with Gasteiger partial charge in [0.05, 0.1) is 0 Å². The molecular formula is C15H23BrN2. The van der Waals surface area contributed by atoms with Crippen molar-refractivity contribution in [2.45, 2.75) is 32.4 Å². The van der Waals surface area contributed by atoms with Crippen molar-refractivity contribution in [3.8, 4) is 0 Å². The highest BCUT2D eigenvalue weighted by atomic mass is 79.9. The molecule has 0 radical (unpaired) electrons. The van der Waals surface area contributed by atoms with Crippen LogP contribution in [0.2, 0.25) is 0 Å². The molecule has 18 heavy (non-hydrogen) atoms. The molecule has 0 spiro atoms. The predicted octanol–water partition coefficient (Wildman–Crippen LogP) is 3.37. The van der Waals surface area contributed by atoms with Crippen LogP contribution in [0, 0.1) is 0 Å². The lowest BCUT2D eigenvalue weighted by Gasteiger charge is -2.30. The van der Waals surface area contributed by atoms with Gasteiger partial charge in [-0.05, 0) is 44.1 Å². The number of nitrogens with zero attached hydrogens (tertiary/aromatic N) is 2. The van der Waals surface area contributed by atoms with Crippen LogP contribution in [-0.2, 0) is 6.54 Å². The van der Waals surface area contributed by atoms with E-state index in [1.54, 1.807) is 0 Å². The first-order valence-electron chi connectivity index (χ1n) is 6.86. The number of rotatable bonds is 3. The zero-order valence-electron chi connectivity index (χ0n) is 11.4. The molecule has 0 N–H and O–H groups in total. The summed E-state index contributed by atoms with van der Waals surface area (Å²) in [6.07, 6.45) is 2.52. The lowest BCUT2D eigenvalue weighted by Crippen LogP contribution is -2.39. The van der Waals surface area contributed by atoms with Crippen molar-refractivity contribution in [1.82, 2.24) is 9.80 Å². The molecule has 1 aromatic carbocycles. The van der Waals surface area contributed by atoms with Gasteiger partial charge in [-0.2, -0.15) is 0 Å². The van der Waals surface area contributed by atoms with Crippen molar-refractivity contribution in [3.05, 3.63) is 34.3 Å². The van der Waals surface area contributed by atoms with E-state index in [4.69, 9.17) is 0 Å². The lowest BCUT2D eigenvalue weighted by atomic mass is 10.1. The zero-order chi connectivity index (χ0) is 13.0. The van der Waals surface area contributed by atoms with Gasteiger partial charge < -0.3 is 4.90 Å². The van der Waals surface area contributed by atoms with Crippen LogP contribution in [0.3, 0.4) is 0 Å². The molecule has 0 bridgehead atoms. The van der Waals surface area contributed by atoms with Crippen LogP contribution >= 0.6 is 15.9 Å². The van der Waals surface area contributed by atoms with E-state index in [9.17, 15) is 0 Å². The molecule has 3 heteroatoms. The fourth-order valence-corrected chi connectivity index (χ4v) is 2.98. The van der Waals surface area contributed by atoms with Gasteiger partial charge in [0.25, 0.3) is 0 Å². The minimum absolute atomic E-state index is 0.696. The second-order valence-corrected chi connectivity index (χ2v) is 6.19. The van der Waals surface area contributed by atoms with E-state index >= 15 is 0 Å². The van der Waals surface area contributed by atoms with Crippen LogP contribution < -0.4 is 0 Å². The van der Waals surface area contributed by atoms with Crippen LogP contribution in [0.4, 0.5) is 0 Å². The fourth-order valence-electron chi connectivity index (χ4n) is 2.71. The van der Waals surface area contributed by atoms with Crippen LogP contribution in [0.25, 0.3) is 0 Å². The SMILES string of the molecule is CCC1CN(C)CCCN1Cc1ccc(Br)cc1. The van der Waals surface area contributed by atoms with E-state index in [-0.39, 0.29) is 0 Å². The Labute approximate surface area is 119 Å². The van der Waals surface area contributed by atoms with Crippen LogP contribution in [-0.4, -0.2) is 42.5 Å². The second-order valence-electron chi connectivity index (χ2n) is 5.27. The average Bonchev–Trinajstić information content (AvgIpc) is 2.54. The number of likely N-dealkylation sites (N-methyl/N-ethyl adjacent to an activating group) is 1. The average molecular weight is 311 g/mol. The van der Waals surface area contributed by atoms with E-state index < -0.39 is 0 Å². The molecule has 0 aromatic heterocycles. The van der Waals surface area contributed by atoms with Gasteiger partial charge in [0, 0.05) is 30.1 Å². The molecule has 1 atom stereocenters. The van der Waals surface area contributed by atoms with Crippen molar-refractivity contribution < 1.29 is 0 Å². The summed E-state index contributed by atoms with van der Waals surface area (Å²) >= 11 is 3.50. The van der Waals surface area contributed by atoms with E-state index in [2.05, 4.69) is 64.0 Å². The molecule has 1 aliphatic heterocycles. The quantitative estimate of drug-likeness (QED) is 0.844. The third-order valence-electron chi connectivity index (χ3n) is 3.79. The normalized spacial score (nSPS) is 22.9. The summed E-state index contributed by atoms with van der Waals surface area (Å²) in [5, 5.41) is 0. The van der Waals surface area contributed by atoms with E-state index in [1.807, 2.05) is 0 Å².